The molecule has 0 radical (unpaired) electrons. The quantitative estimate of drug-likeness (QED) is 0.453. The van der Waals surface area contributed by atoms with Crippen molar-refractivity contribution in [2.45, 2.75) is 0 Å². The number of hydrogen-bond donors (Lipinski definition) is 1. The molecule has 2 N–H and O–H groups in total. The van der Waals surface area contributed by atoms with Gasteiger partial charge >= 0.3 is 0 Å². The van der Waals surface area contributed by atoms with Gasteiger partial charge in [-0.05, 0) is 35.9 Å². The third-order valence-electron chi connectivity index (χ3n) is 3.26. The monoisotopic (exact) mass is 338 g/mol. The lowest BCUT2D eigenvalue weighted by molar-refractivity contribution is -0.114. The number of ether oxygens (including phenoxy) is 3. The number of nitrogens with two attached hydrogens (primary N) is 1. The Bertz CT molecular complexity index is 792. The Morgan fingerprint density at radius 3 is 2.32 bits per heavy atom. The first-order valence-corrected chi connectivity index (χ1v) is 7.54. The van der Waals surface area contributed by atoms with Gasteiger partial charge in [-0.2, -0.15) is 5.26 Å². The van der Waals surface area contributed by atoms with Gasteiger partial charge in [0.1, 0.15) is 30.6 Å². The Hall–Kier alpha value is -3.46. The summed E-state index contributed by atoms with van der Waals surface area (Å²) in [4.78, 5) is 11.0. The second-order valence-corrected chi connectivity index (χ2v) is 4.95. The summed E-state index contributed by atoms with van der Waals surface area (Å²) in [5.41, 5.74) is 5.69. The van der Waals surface area contributed by atoms with Crippen molar-refractivity contribution >= 4 is 12.0 Å². The number of primary amides is 1. The summed E-state index contributed by atoms with van der Waals surface area (Å²) in [6.45, 7) is 0.722. The molecule has 0 aromatic heterocycles. The number of methoxy groups -OCH3 is 1. The van der Waals surface area contributed by atoms with Crippen LogP contribution in [0.25, 0.3) is 6.08 Å². The van der Waals surface area contributed by atoms with Crippen LogP contribution >= 0.6 is 0 Å². The molecule has 0 heterocycles. The molecular weight excluding hydrogens is 320 g/mol. The van der Waals surface area contributed by atoms with Crippen molar-refractivity contribution in [1.82, 2.24) is 0 Å². The van der Waals surface area contributed by atoms with E-state index in [1.807, 2.05) is 24.3 Å². The first-order valence-electron chi connectivity index (χ1n) is 7.54. The van der Waals surface area contributed by atoms with Gasteiger partial charge in [0.25, 0.3) is 5.91 Å². The van der Waals surface area contributed by atoms with Crippen LogP contribution in [0.2, 0.25) is 0 Å². The molecule has 0 saturated heterocycles. The molecule has 0 aliphatic carbocycles. The molecule has 0 bridgehead atoms. The maximum Gasteiger partial charge on any atom is 0.259 e. The number of nitriles is 1. The van der Waals surface area contributed by atoms with Crippen molar-refractivity contribution in [1.29, 1.82) is 5.26 Å². The lowest BCUT2D eigenvalue weighted by atomic mass is 10.1. The fourth-order valence-corrected chi connectivity index (χ4v) is 2.03. The van der Waals surface area contributed by atoms with Crippen LogP contribution in [0.5, 0.6) is 17.2 Å². The van der Waals surface area contributed by atoms with Gasteiger partial charge in [0.15, 0.2) is 11.5 Å². The summed E-state index contributed by atoms with van der Waals surface area (Å²) >= 11 is 0. The van der Waals surface area contributed by atoms with Crippen molar-refractivity contribution in [2.75, 3.05) is 20.3 Å². The lowest BCUT2D eigenvalue weighted by Gasteiger charge is -2.11. The Morgan fingerprint density at radius 2 is 1.72 bits per heavy atom. The van der Waals surface area contributed by atoms with E-state index in [9.17, 15) is 4.79 Å². The van der Waals surface area contributed by atoms with E-state index in [0.717, 1.165) is 0 Å². The summed E-state index contributed by atoms with van der Waals surface area (Å²) < 4.78 is 16.4. The van der Waals surface area contributed by atoms with Gasteiger partial charge in [-0.3, -0.25) is 4.79 Å². The van der Waals surface area contributed by atoms with Crippen molar-refractivity contribution in [3.05, 3.63) is 59.7 Å². The highest BCUT2D eigenvalue weighted by atomic mass is 16.5. The molecule has 0 saturated carbocycles. The van der Waals surface area contributed by atoms with Gasteiger partial charge < -0.3 is 19.9 Å². The third kappa shape index (κ3) is 5.29. The van der Waals surface area contributed by atoms with E-state index in [2.05, 4.69) is 0 Å². The van der Waals surface area contributed by atoms with Crippen LogP contribution in [0.3, 0.4) is 0 Å². The predicted molar refractivity (Wildman–Crippen MR) is 93.2 cm³/mol. The SMILES string of the molecule is COc1ccccc1OCCOc1ccc(/C=C(\C#N)C(N)=O)cc1. The molecule has 2 rings (SSSR count). The van der Waals surface area contributed by atoms with E-state index in [1.54, 1.807) is 37.4 Å². The van der Waals surface area contributed by atoms with E-state index in [1.165, 1.54) is 6.08 Å². The molecule has 0 atom stereocenters. The first kappa shape index (κ1) is 17.9. The minimum atomic E-state index is -0.753. The molecular formula is C19H18N2O4. The van der Waals surface area contributed by atoms with Crippen molar-refractivity contribution in [2.24, 2.45) is 5.73 Å². The summed E-state index contributed by atoms with van der Waals surface area (Å²) in [5.74, 6) is 1.22. The number of benzene rings is 2. The molecule has 0 aliphatic heterocycles. The molecule has 1 amide bonds. The zero-order valence-electron chi connectivity index (χ0n) is 13.8. The molecule has 0 spiro atoms. The number of nitrogens with zero attached hydrogens (tertiary/aromatic N) is 1. The maximum atomic E-state index is 11.0. The second kappa shape index (κ2) is 8.99. The molecule has 25 heavy (non-hydrogen) atoms. The van der Waals surface area contributed by atoms with E-state index < -0.39 is 5.91 Å². The highest BCUT2D eigenvalue weighted by Crippen LogP contribution is 2.25. The highest BCUT2D eigenvalue weighted by Gasteiger charge is 2.04. The standard InChI is InChI=1S/C19H18N2O4/c1-23-17-4-2-3-5-18(17)25-11-10-24-16-8-6-14(7-9-16)12-15(13-20)19(21)22/h2-9,12H,10-11H2,1H3,(H2,21,22)/b15-12+. The maximum absolute atomic E-state index is 11.0. The lowest BCUT2D eigenvalue weighted by Crippen LogP contribution is -2.12. The van der Waals surface area contributed by atoms with Gasteiger partial charge in [0.05, 0.1) is 7.11 Å². The Kier molecular flexibility index (Phi) is 6.43. The van der Waals surface area contributed by atoms with E-state index in [-0.39, 0.29) is 5.57 Å². The van der Waals surface area contributed by atoms with Crippen LogP contribution < -0.4 is 19.9 Å². The van der Waals surface area contributed by atoms with Crippen molar-refractivity contribution in [3.8, 4) is 23.3 Å². The Morgan fingerprint density at radius 1 is 1.08 bits per heavy atom. The fraction of sp³-hybridized carbons (Fsp3) is 0.158. The van der Waals surface area contributed by atoms with Crippen LogP contribution in [0.1, 0.15) is 5.56 Å². The molecule has 2 aromatic carbocycles. The summed E-state index contributed by atoms with van der Waals surface area (Å²) in [7, 11) is 1.59. The van der Waals surface area contributed by atoms with Crippen molar-refractivity contribution in [3.63, 3.8) is 0 Å². The van der Waals surface area contributed by atoms with Crippen LogP contribution in [0, 0.1) is 11.3 Å². The summed E-state index contributed by atoms with van der Waals surface area (Å²) in [6.07, 6.45) is 1.43. The van der Waals surface area contributed by atoms with Gasteiger partial charge in [-0.1, -0.05) is 24.3 Å². The average molecular weight is 338 g/mol. The van der Waals surface area contributed by atoms with E-state index in [4.69, 9.17) is 25.2 Å². The summed E-state index contributed by atoms with van der Waals surface area (Å²) in [6, 6.07) is 16.1. The number of carbonyl (C=O) groups excluding carboxylic acids is 1. The summed E-state index contributed by atoms with van der Waals surface area (Å²) in [5, 5.41) is 8.82. The molecule has 6 nitrogen and oxygen atoms in total. The minimum Gasteiger partial charge on any atom is -0.493 e. The normalized spacial score (nSPS) is 10.6. The molecule has 0 fully saturated rings. The molecule has 0 unspecified atom stereocenters. The fourth-order valence-electron chi connectivity index (χ4n) is 2.03. The zero-order valence-corrected chi connectivity index (χ0v) is 13.8. The topological polar surface area (TPSA) is 94.6 Å². The number of rotatable bonds is 8. The smallest absolute Gasteiger partial charge is 0.259 e. The number of para-hydroxylation sites is 2. The van der Waals surface area contributed by atoms with Crippen LogP contribution in [-0.4, -0.2) is 26.2 Å². The average Bonchev–Trinajstić information content (AvgIpc) is 2.64. The zero-order chi connectivity index (χ0) is 18.1. The van der Waals surface area contributed by atoms with E-state index in [0.29, 0.717) is 36.0 Å². The van der Waals surface area contributed by atoms with Gasteiger partial charge in [0, 0.05) is 0 Å². The second-order valence-electron chi connectivity index (χ2n) is 4.95. The van der Waals surface area contributed by atoms with Gasteiger partial charge in [-0.25, -0.2) is 0 Å². The molecule has 0 aliphatic rings. The highest BCUT2D eigenvalue weighted by molar-refractivity contribution is 6.00. The third-order valence-corrected chi connectivity index (χ3v) is 3.26. The largest absolute Gasteiger partial charge is 0.493 e. The Balaban J connectivity index is 1.86. The first-order chi connectivity index (χ1) is 12.1. The van der Waals surface area contributed by atoms with Crippen LogP contribution in [0.15, 0.2) is 54.1 Å². The molecule has 128 valence electrons. The number of amides is 1. The number of hydrogen-bond acceptors (Lipinski definition) is 5. The van der Waals surface area contributed by atoms with Gasteiger partial charge in [0.2, 0.25) is 0 Å². The van der Waals surface area contributed by atoms with Gasteiger partial charge in [-0.15, -0.1) is 0 Å². The molecule has 6 heteroatoms. The van der Waals surface area contributed by atoms with Crippen LogP contribution in [-0.2, 0) is 4.79 Å². The van der Waals surface area contributed by atoms with Crippen molar-refractivity contribution < 1.29 is 19.0 Å². The van der Waals surface area contributed by atoms with Crippen LogP contribution in [0.4, 0.5) is 0 Å². The van der Waals surface area contributed by atoms with E-state index >= 15 is 0 Å². The molecule has 2 aromatic rings. The Labute approximate surface area is 146 Å². The minimum absolute atomic E-state index is 0.0983. The predicted octanol–water partition coefficient (Wildman–Crippen LogP) is 2.55. The number of carbonyl (C=O) groups is 1.